The third-order valence-corrected chi connectivity index (χ3v) is 4.76. The highest BCUT2D eigenvalue weighted by Gasteiger charge is 2.39. The number of aliphatic hydroxyl groups excluding tert-OH is 1. The second kappa shape index (κ2) is 7.47. The first-order valence-corrected chi connectivity index (χ1v) is 8.28. The van der Waals surface area contributed by atoms with Gasteiger partial charge in [0.25, 0.3) is 5.91 Å². The van der Waals surface area contributed by atoms with Crippen LogP contribution in [0.4, 0.5) is 8.78 Å². The third-order valence-electron chi connectivity index (χ3n) is 4.76. The molecule has 0 spiro atoms. The minimum absolute atomic E-state index is 0.0733. The summed E-state index contributed by atoms with van der Waals surface area (Å²) in [5, 5.41) is 9.70. The highest BCUT2D eigenvalue weighted by atomic mass is 19.3. The zero-order chi connectivity index (χ0) is 17.9. The lowest BCUT2D eigenvalue weighted by Gasteiger charge is -2.26. The molecule has 1 fully saturated rings. The van der Waals surface area contributed by atoms with Gasteiger partial charge < -0.3 is 14.7 Å². The van der Waals surface area contributed by atoms with Crippen molar-refractivity contribution in [3.05, 3.63) is 28.8 Å². The van der Waals surface area contributed by atoms with E-state index in [1.807, 2.05) is 0 Å². The Labute approximate surface area is 141 Å². The van der Waals surface area contributed by atoms with Gasteiger partial charge in [-0.15, -0.1) is 0 Å². The molecule has 134 valence electrons. The van der Waals surface area contributed by atoms with Crippen LogP contribution in [0.3, 0.4) is 0 Å². The number of benzene rings is 1. The third kappa shape index (κ3) is 3.86. The van der Waals surface area contributed by atoms with Crippen LogP contribution in [-0.4, -0.2) is 42.2 Å². The molecule has 1 unspecified atom stereocenters. The van der Waals surface area contributed by atoms with Crippen LogP contribution >= 0.6 is 0 Å². The minimum Gasteiger partial charge on any atom is -0.434 e. The first-order chi connectivity index (χ1) is 11.3. The van der Waals surface area contributed by atoms with Crippen LogP contribution in [0.5, 0.6) is 5.75 Å². The highest BCUT2D eigenvalue weighted by Crippen LogP contribution is 2.36. The summed E-state index contributed by atoms with van der Waals surface area (Å²) in [6.45, 7) is 3.69. The molecule has 1 aromatic rings. The summed E-state index contributed by atoms with van der Waals surface area (Å²) in [5.74, 6) is -0.00474. The number of halogens is 2. The van der Waals surface area contributed by atoms with E-state index in [2.05, 4.69) is 11.7 Å². The number of ether oxygens (including phenoxy) is 1. The number of carbonyl (C=O) groups excluding carboxylic acids is 1. The van der Waals surface area contributed by atoms with E-state index in [1.54, 1.807) is 30.9 Å². The summed E-state index contributed by atoms with van der Waals surface area (Å²) >= 11 is 0. The number of likely N-dealkylation sites (tertiary alicyclic amines) is 1. The average molecular weight is 341 g/mol. The molecule has 6 heteroatoms. The molecule has 0 aromatic heterocycles. The molecule has 1 heterocycles. The van der Waals surface area contributed by atoms with Crippen LogP contribution in [0.2, 0.25) is 0 Å². The lowest BCUT2D eigenvalue weighted by molar-refractivity contribution is -0.0507. The molecule has 24 heavy (non-hydrogen) atoms. The molecule has 1 N–H and O–H groups in total. The van der Waals surface area contributed by atoms with Crippen LogP contribution in [0.1, 0.15) is 47.7 Å². The maximum atomic E-state index is 12.7. The number of nitrogens with zero attached hydrogens (tertiary/aromatic N) is 1. The molecular weight excluding hydrogens is 316 g/mol. The number of aryl methyl sites for hydroxylation is 2. The second-order valence-electron chi connectivity index (χ2n) is 6.70. The molecule has 1 aliphatic heterocycles. The fourth-order valence-corrected chi connectivity index (χ4v) is 3.58. The van der Waals surface area contributed by atoms with Crippen molar-refractivity contribution >= 4 is 5.91 Å². The molecular formula is C18H25F2NO3. The first-order valence-electron chi connectivity index (χ1n) is 8.28. The molecule has 0 aliphatic carbocycles. The molecule has 1 aromatic carbocycles. The summed E-state index contributed by atoms with van der Waals surface area (Å²) in [5.41, 5.74) is 1.28. The maximum absolute atomic E-state index is 12.7. The van der Waals surface area contributed by atoms with E-state index in [9.17, 15) is 18.7 Å². The number of carbonyl (C=O) groups is 1. The minimum atomic E-state index is -2.89. The fraction of sp³-hybridized carbons (Fsp3) is 0.611. The zero-order valence-electron chi connectivity index (χ0n) is 14.4. The van der Waals surface area contributed by atoms with Crippen LogP contribution in [0.25, 0.3) is 0 Å². The van der Waals surface area contributed by atoms with Gasteiger partial charge in [0.15, 0.2) is 0 Å². The van der Waals surface area contributed by atoms with Gasteiger partial charge in [0.1, 0.15) is 5.75 Å². The summed E-state index contributed by atoms with van der Waals surface area (Å²) < 4.78 is 29.4. The van der Waals surface area contributed by atoms with Gasteiger partial charge in [0, 0.05) is 24.1 Å². The summed E-state index contributed by atoms with van der Waals surface area (Å²) in [6.07, 6.45) is 2.63. The van der Waals surface area contributed by atoms with E-state index in [0.717, 1.165) is 19.3 Å². The number of hydrogen-bond acceptors (Lipinski definition) is 3. The van der Waals surface area contributed by atoms with Crippen LogP contribution < -0.4 is 4.74 Å². The summed E-state index contributed by atoms with van der Waals surface area (Å²) in [6, 6.07) is 3.18. The number of aliphatic hydroxyl groups is 1. The van der Waals surface area contributed by atoms with E-state index >= 15 is 0 Å². The molecule has 0 bridgehead atoms. The number of rotatable bonds is 6. The second-order valence-corrected chi connectivity index (χ2v) is 6.70. The number of alkyl halides is 2. The van der Waals surface area contributed by atoms with Crippen molar-refractivity contribution in [1.82, 2.24) is 4.90 Å². The largest absolute Gasteiger partial charge is 0.434 e. The van der Waals surface area contributed by atoms with Crippen molar-refractivity contribution in [2.45, 2.75) is 46.6 Å². The Kier molecular flexibility index (Phi) is 5.80. The van der Waals surface area contributed by atoms with Crippen LogP contribution in [0.15, 0.2) is 12.1 Å². The Hall–Kier alpha value is -1.69. The van der Waals surface area contributed by atoms with Crippen LogP contribution in [0, 0.1) is 19.3 Å². The fourth-order valence-electron chi connectivity index (χ4n) is 3.58. The van der Waals surface area contributed by atoms with Crippen molar-refractivity contribution in [1.29, 1.82) is 0 Å². The molecule has 4 nitrogen and oxygen atoms in total. The number of hydrogen-bond donors (Lipinski definition) is 1. The predicted molar refractivity (Wildman–Crippen MR) is 87.5 cm³/mol. The Morgan fingerprint density at radius 2 is 2.00 bits per heavy atom. The molecule has 1 saturated heterocycles. The van der Waals surface area contributed by atoms with Gasteiger partial charge in [-0.3, -0.25) is 4.79 Å². The van der Waals surface area contributed by atoms with Gasteiger partial charge in [-0.25, -0.2) is 0 Å². The van der Waals surface area contributed by atoms with Crippen molar-refractivity contribution in [2.75, 3.05) is 19.7 Å². The van der Waals surface area contributed by atoms with Gasteiger partial charge in [0.2, 0.25) is 0 Å². The van der Waals surface area contributed by atoms with Gasteiger partial charge in [-0.05, 0) is 49.9 Å². The quantitative estimate of drug-likeness (QED) is 0.861. The molecule has 1 atom stereocenters. The van der Waals surface area contributed by atoms with E-state index in [0.29, 0.717) is 29.8 Å². The van der Waals surface area contributed by atoms with E-state index in [-0.39, 0.29) is 23.7 Å². The SMILES string of the molecule is CCCC1(CO)CCN(C(=O)c2cc(C)c(OC(F)F)c(C)c2)C1. The normalized spacial score (nSPS) is 20.7. The van der Waals surface area contributed by atoms with Gasteiger partial charge in [-0.2, -0.15) is 8.78 Å². The summed E-state index contributed by atoms with van der Waals surface area (Å²) in [4.78, 5) is 14.5. The monoisotopic (exact) mass is 341 g/mol. The molecule has 0 saturated carbocycles. The van der Waals surface area contributed by atoms with Crippen molar-refractivity contribution < 1.29 is 23.4 Å². The van der Waals surface area contributed by atoms with E-state index < -0.39 is 6.61 Å². The Bertz CT molecular complexity index is 583. The van der Waals surface area contributed by atoms with Gasteiger partial charge in [0.05, 0.1) is 6.61 Å². The highest BCUT2D eigenvalue weighted by molar-refractivity contribution is 5.95. The lowest BCUT2D eigenvalue weighted by Crippen LogP contribution is -2.34. The van der Waals surface area contributed by atoms with Crippen molar-refractivity contribution in [2.24, 2.45) is 5.41 Å². The molecule has 0 radical (unpaired) electrons. The lowest BCUT2D eigenvalue weighted by atomic mass is 9.83. The molecule has 1 amide bonds. The van der Waals surface area contributed by atoms with E-state index in [4.69, 9.17) is 0 Å². The molecule has 2 rings (SSSR count). The summed E-state index contributed by atoms with van der Waals surface area (Å²) in [7, 11) is 0. The van der Waals surface area contributed by atoms with E-state index in [1.165, 1.54) is 0 Å². The zero-order valence-corrected chi connectivity index (χ0v) is 14.4. The van der Waals surface area contributed by atoms with Crippen LogP contribution in [-0.2, 0) is 0 Å². The topological polar surface area (TPSA) is 49.8 Å². The number of amides is 1. The standard InChI is InChI=1S/C18H25F2NO3/c1-4-5-18(11-22)6-7-21(10-18)16(23)14-8-12(2)15(13(3)9-14)24-17(19)20/h8-9,17,22H,4-7,10-11H2,1-3H3. The van der Waals surface area contributed by atoms with Crippen molar-refractivity contribution in [3.63, 3.8) is 0 Å². The Balaban J connectivity index is 2.19. The van der Waals surface area contributed by atoms with Gasteiger partial charge in [-0.1, -0.05) is 13.3 Å². The predicted octanol–water partition coefficient (Wildman–Crippen LogP) is 3.53. The van der Waals surface area contributed by atoms with Crippen molar-refractivity contribution in [3.8, 4) is 5.75 Å². The Morgan fingerprint density at radius 3 is 2.50 bits per heavy atom. The first kappa shape index (κ1) is 18.6. The molecule has 1 aliphatic rings. The maximum Gasteiger partial charge on any atom is 0.387 e. The Morgan fingerprint density at radius 1 is 1.38 bits per heavy atom. The average Bonchev–Trinajstić information content (AvgIpc) is 2.95. The smallest absolute Gasteiger partial charge is 0.387 e. The van der Waals surface area contributed by atoms with Gasteiger partial charge >= 0.3 is 6.61 Å².